The second-order valence-corrected chi connectivity index (χ2v) is 11.6. The number of ether oxygens (including phenoxy) is 2. The molecule has 1 atom stereocenters. The summed E-state index contributed by atoms with van der Waals surface area (Å²) < 4.78 is 38.7. The second-order valence-electron chi connectivity index (χ2n) is 6.80. The van der Waals surface area contributed by atoms with Crippen molar-refractivity contribution in [3.8, 4) is 11.5 Å². The molecule has 1 unspecified atom stereocenters. The van der Waals surface area contributed by atoms with Gasteiger partial charge in [-0.2, -0.15) is 4.31 Å². The lowest BCUT2D eigenvalue weighted by Gasteiger charge is -2.21. The molecule has 0 aliphatic carbocycles. The number of hydrogen-bond acceptors (Lipinski definition) is 9. The number of aromatic nitrogens is 2. The minimum atomic E-state index is -3.70. The average molecular weight is 499 g/mol. The smallest absolute Gasteiger partial charge is 0.286 e. The van der Waals surface area contributed by atoms with E-state index < -0.39 is 22.0 Å². The Morgan fingerprint density at radius 3 is 2.81 bits per heavy atom. The van der Waals surface area contributed by atoms with E-state index in [1.54, 1.807) is 24.3 Å². The van der Waals surface area contributed by atoms with Crippen LogP contribution in [0.25, 0.3) is 0 Å². The summed E-state index contributed by atoms with van der Waals surface area (Å²) in [6.07, 6.45) is 1.30. The number of carbonyl (C=O) groups excluding carboxylic acids is 1. The summed E-state index contributed by atoms with van der Waals surface area (Å²) in [5.74, 6) is 0.738. The molecule has 2 aliphatic heterocycles. The van der Waals surface area contributed by atoms with Crippen molar-refractivity contribution in [3.63, 3.8) is 0 Å². The van der Waals surface area contributed by atoms with Crippen LogP contribution in [0.2, 0.25) is 4.34 Å². The molecule has 31 heavy (non-hydrogen) atoms. The topological polar surface area (TPSA) is 111 Å². The van der Waals surface area contributed by atoms with Gasteiger partial charge in [0.05, 0.1) is 10.4 Å². The summed E-state index contributed by atoms with van der Waals surface area (Å²) in [5, 5.41) is 11.5. The number of anilines is 1. The van der Waals surface area contributed by atoms with Crippen LogP contribution in [0, 0.1) is 0 Å². The lowest BCUT2D eigenvalue weighted by molar-refractivity contribution is 0.102. The Morgan fingerprint density at radius 1 is 1.16 bits per heavy atom. The summed E-state index contributed by atoms with van der Waals surface area (Å²) in [5.41, 5.74) is 0.533. The molecule has 0 radical (unpaired) electrons. The van der Waals surface area contributed by atoms with Crippen molar-refractivity contribution in [2.24, 2.45) is 0 Å². The molecule has 2 aromatic heterocycles. The number of fused-ring (bicyclic) bond motifs is 1. The second kappa shape index (κ2) is 8.02. The third kappa shape index (κ3) is 3.89. The first-order valence-corrected chi connectivity index (χ1v) is 12.7. The molecule has 0 bridgehead atoms. The zero-order chi connectivity index (χ0) is 21.6. The molecule has 162 valence electrons. The molecule has 1 N–H and O–H groups in total. The maximum absolute atomic E-state index is 13.0. The highest BCUT2D eigenvalue weighted by molar-refractivity contribution is 7.91. The number of halogens is 1. The number of sulfonamides is 1. The normalized spacial score (nSPS) is 18.4. The number of carbonyl (C=O) groups is 1. The van der Waals surface area contributed by atoms with Crippen molar-refractivity contribution in [2.75, 3.05) is 18.7 Å². The van der Waals surface area contributed by atoms with Gasteiger partial charge in [0.1, 0.15) is 9.22 Å². The summed E-state index contributed by atoms with van der Waals surface area (Å²) in [7, 11) is -3.70. The first-order valence-electron chi connectivity index (χ1n) is 9.23. The van der Waals surface area contributed by atoms with Crippen molar-refractivity contribution in [1.82, 2.24) is 14.5 Å². The van der Waals surface area contributed by atoms with E-state index in [-0.39, 0.29) is 16.0 Å². The van der Waals surface area contributed by atoms with Crippen molar-refractivity contribution < 1.29 is 22.7 Å². The Kier molecular flexibility index (Phi) is 5.34. The van der Waals surface area contributed by atoms with Gasteiger partial charge in [-0.15, -0.1) is 21.5 Å². The van der Waals surface area contributed by atoms with Crippen molar-refractivity contribution in [3.05, 3.63) is 44.7 Å². The average Bonchev–Trinajstić information content (AvgIpc) is 3.52. The number of amides is 1. The largest absolute Gasteiger partial charge is 0.454 e. The number of nitrogens with zero attached hydrogens (tertiary/aromatic N) is 3. The molecule has 2 aliphatic rings. The van der Waals surface area contributed by atoms with Crippen LogP contribution < -0.4 is 14.8 Å². The number of thiophene rings is 1. The van der Waals surface area contributed by atoms with Crippen LogP contribution in [0.4, 0.5) is 5.69 Å². The zero-order valence-electron chi connectivity index (χ0n) is 15.8. The van der Waals surface area contributed by atoms with E-state index >= 15 is 0 Å². The molecule has 0 spiro atoms. The van der Waals surface area contributed by atoms with Gasteiger partial charge in [0.25, 0.3) is 15.9 Å². The molecule has 1 aromatic carbocycles. The summed E-state index contributed by atoms with van der Waals surface area (Å²) in [4.78, 5) is 12.6. The SMILES string of the molecule is O=C(Nc1ccc2c(c1)OCO2)c1nnc(C2CCCN2S(=O)(=O)c2ccc(Cl)s2)s1. The molecule has 1 fully saturated rings. The molecule has 0 saturated carbocycles. The monoisotopic (exact) mass is 498 g/mol. The van der Waals surface area contributed by atoms with Gasteiger partial charge >= 0.3 is 0 Å². The minimum absolute atomic E-state index is 0.144. The standard InChI is InChI=1S/C18H15ClN4O5S3/c19-14-5-6-15(29-14)31(25,26)23-7-1-2-11(23)17-21-22-18(30-17)16(24)20-10-3-4-12-13(8-10)28-9-27-12/h3-6,8,11H,1-2,7,9H2,(H,20,24). The third-order valence-corrected chi connectivity index (χ3v) is 9.50. The van der Waals surface area contributed by atoms with Crippen molar-refractivity contribution in [1.29, 1.82) is 0 Å². The predicted molar refractivity (Wildman–Crippen MR) is 116 cm³/mol. The van der Waals surface area contributed by atoms with E-state index in [1.165, 1.54) is 10.4 Å². The highest BCUT2D eigenvalue weighted by Gasteiger charge is 2.39. The number of hydrogen-bond donors (Lipinski definition) is 1. The van der Waals surface area contributed by atoms with Crippen LogP contribution in [0.1, 0.15) is 33.7 Å². The van der Waals surface area contributed by atoms with Gasteiger partial charge in [0.2, 0.25) is 11.8 Å². The van der Waals surface area contributed by atoms with E-state index in [4.69, 9.17) is 21.1 Å². The fourth-order valence-corrected chi connectivity index (χ4v) is 7.67. The van der Waals surface area contributed by atoms with Gasteiger partial charge in [-0.3, -0.25) is 4.79 Å². The Bertz CT molecular complexity index is 1260. The summed E-state index contributed by atoms with van der Waals surface area (Å²) in [6, 6.07) is 7.68. The van der Waals surface area contributed by atoms with Gasteiger partial charge in [-0.25, -0.2) is 8.42 Å². The maximum atomic E-state index is 13.0. The van der Waals surface area contributed by atoms with Crippen molar-refractivity contribution in [2.45, 2.75) is 23.1 Å². The van der Waals surface area contributed by atoms with Gasteiger partial charge in [-0.05, 0) is 37.1 Å². The minimum Gasteiger partial charge on any atom is -0.454 e. The Morgan fingerprint density at radius 2 is 2.00 bits per heavy atom. The molecule has 9 nitrogen and oxygen atoms in total. The van der Waals surface area contributed by atoms with Crippen LogP contribution in [0.15, 0.2) is 34.5 Å². The first kappa shape index (κ1) is 20.6. The number of benzene rings is 1. The molecule has 5 rings (SSSR count). The molecule has 4 heterocycles. The van der Waals surface area contributed by atoms with Crippen LogP contribution >= 0.6 is 34.3 Å². The zero-order valence-corrected chi connectivity index (χ0v) is 19.0. The van der Waals surface area contributed by atoms with E-state index in [9.17, 15) is 13.2 Å². The first-order chi connectivity index (χ1) is 14.9. The van der Waals surface area contributed by atoms with E-state index in [0.717, 1.165) is 22.7 Å². The fourth-order valence-electron chi connectivity index (χ4n) is 3.45. The lowest BCUT2D eigenvalue weighted by Crippen LogP contribution is -2.30. The molecule has 1 saturated heterocycles. The van der Waals surface area contributed by atoms with Crippen molar-refractivity contribution >= 4 is 55.9 Å². The van der Waals surface area contributed by atoms with E-state index in [1.807, 2.05) is 0 Å². The number of rotatable bonds is 5. The van der Waals surface area contributed by atoms with Crippen LogP contribution in [-0.2, 0) is 10.0 Å². The van der Waals surface area contributed by atoms with E-state index in [0.29, 0.717) is 45.9 Å². The molecular weight excluding hydrogens is 484 g/mol. The van der Waals surface area contributed by atoms with Gasteiger partial charge in [-0.1, -0.05) is 22.9 Å². The maximum Gasteiger partial charge on any atom is 0.286 e. The lowest BCUT2D eigenvalue weighted by atomic mass is 10.2. The highest BCUT2D eigenvalue weighted by Crippen LogP contribution is 2.40. The third-order valence-electron chi connectivity index (χ3n) is 4.87. The van der Waals surface area contributed by atoms with Gasteiger partial charge < -0.3 is 14.8 Å². The van der Waals surface area contributed by atoms with Crippen LogP contribution in [-0.4, -0.2) is 42.2 Å². The Labute approximate surface area is 190 Å². The Balaban J connectivity index is 1.34. The molecular formula is C18H15ClN4O5S3. The molecule has 1 amide bonds. The number of nitrogens with one attached hydrogen (secondary N) is 1. The van der Waals surface area contributed by atoms with Crippen LogP contribution in [0.5, 0.6) is 11.5 Å². The van der Waals surface area contributed by atoms with Gasteiger partial charge in [0.15, 0.2) is 11.5 Å². The summed E-state index contributed by atoms with van der Waals surface area (Å²) >= 11 is 8.02. The predicted octanol–water partition coefficient (Wildman–Crippen LogP) is 3.76. The quantitative estimate of drug-likeness (QED) is 0.570. The molecule has 13 heteroatoms. The Hall–Kier alpha value is -2.25. The fraction of sp³-hybridized carbons (Fsp3) is 0.278. The summed E-state index contributed by atoms with van der Waals surface area (Å²) in [6.45, 7) is 0.520. The highest BCUT2D eigenvalue weighted by atomic mass is 35.5. The molecule has 3 aromatic rings. The van der Waals surface area contributed by atoms with Crippen LogP contribution in [0.3, 0.4) is 0 Å². The van der Waals surface area contributed by atoms with E-state index in [2.05, 4.69) is 15.5 Å². The van der Waals surface area contributed by atoms with Gasteiger partial charge in [0, 0.05) is 18.3 Å².